The fourth-order valence-electron chi connectivity index (χ4n) is 5.93. The van der Waals surface area contributed by atoms with Crippen LogP contribution in [0.5, 0.6) is 5.75 Å². The van der Waals surface area contributed by atoms with Crippen molar-refractivity contribution < 1.29 is 19.7 Å². The number of benzene rings is 1. The standard InChI is InChI=1S/C29H42N2O4S/c1-35-22-10-11-27-25(19-22)24(13-15-30-27)28(32)12-9-21-14-17-31(20-26(21)29(33)34)16-6-18-36-23-7-4-2-3-5-8-23/h10-11,13,15,19,21,23,26,28,32H,2-9,12,14,16-18,20H2,1H3,(H,33,34)/t21-,26+,28?/m1/s1. The predicted octanol–water partition coefficient (Wildman–Crippen LogP) is 5.93. The minimum atomic E-state index is -0.703. The molecule has 1 aliphatic carbocycles. The average Bonchev–Trinajstić information content (AvgIpc) is 3.18. The number of hydrogen-bond acceptors (Lipinski definition) is 6. The molecule has 2 aromatic rings. The van der Waals surface area contributed by atoms with Gasteiger partial charge in [0.15, 0.2) is 0 Å². The molecule has 0 radical (unpaired) electrons. The number of aliphatic hydroxyl groups is 1. The van der Waals surface area contributed by atoms with Crippen LogP contribution in [0.15, 0.2) is 30.5 Å². The number of fused-ring (bicyclic) bond motifs is 1. The van der Waals surface area contributed by atoms with Gasteiger partial charge in [0.25, 0.3) is 0 Å². The monoisotopic (exact) mass is 514 g/mol. The molecule has 1 aromatic carbocycles. The Kier molecular flexibility index (Phi) is 10.3. The first-order valence-electron chi connectivity index (χ1n) is 13.7. The van der Waals surface area contributed by atoms with Crippen LogP contribution in [0.1, 0.15) is 75.9 Å². The molecule has 3 atom stereocenters. The number of aliphatic carboxylic acids is 1. The van der Waals surface area contributed by atoms with E-state index in [0.29, 0.717) is 19.4 Å². The molecule has 4 rings (SSSR count). The summed E-state index contributed by atoms with van der Waals surface area (Å²) >= 11 is 2.14. The van der Waals surface area contributed by atoms with Crippen molar-refractivity contribution in [3.63, 3.8) is 0 Å². The Bertz CT molecular complexity index is 979. The summed E-state index contributed by atoms with van der Waals surface area (Å²) in [6, 6.07) is 7.53. The van der Waals surface area contributed by atoms with Gasteiger partial charge in [-0.3, -0.25) is 9.78 Å². The lowest BCUT2D eigenvalue weighted by molar-refractivity contribution is -0.146. The van der Waals surface area contributed by atoms with Crippen LogP contribution < -0.4 is 4.74 Å². The van der Waals surface area contributed by atoms with E-state index in [-0.39, 0.29) is 11.8 Å². The first-order chi connectivity index (χ1) is 17.5. The third-order valence-corrected chi connectivity index (χ3v) is 9.55. The zero-order valence-corrected chi connectivity index (χ0v) is 22.4. The number of piperidine rings is 1. The summed E-state index contributed by atoms with van der Waals surface area (Å²) in [7, 11) is 1.63. The number of rotatable bonds is 11. The number of nitrogens with zero attached hydrogens (tertiary/aromatic N) is 2. The Balaban J connectivity index is 1.26. The smallest absolute Gasteiger partial charge is 0.308 e. The number of thioether (sulfide) groups is 1. The second-order valence-corrected chi connectivity index (χ2v) is 11.9. The summed E-state index contributed by atoms with van der Waals surface area (Å²) < 4.78 is 5.35. The molecule has 6 nitrogen and oxygen atoms in total. The number of likely N-dealkylation sites (tertiary alicyclic amines) is 1. The fraction of sp³-hybridized carbons (Fsp3) is 0.655. The average molecular weight is 515 g/mol. The molecule has 1 saturated heterocycles. The van der Waals surface area contributed by atoms with Crippen LogP contribution in [0.25, 0.3) is 10.9 Å². The normalized spacial score (nSPS) is 22.8. The Hall–Kier alpha value is -1.83. The Labute approximate surface area is 219 Å². The lowest BCUT2D eigenvalue weighted by Gasteiger charge is -2.37. The predicted molar refractivity (Wildman–Crippen MR) is 147 cm³/mol. The number of hydrogen-bond donors (Lipinski definition) is 2. The largest absolute Gasteiger partial charge is 0.497 e. The molecule has 1 unspecified atom stereocenters. The summed E-state index contributed by atoms with van der Waals surface area (Å²) in [6.07, 6.45) is 12.6. The van der Waals surface area contributed by atoms with Gasteiger partial charge in [0.05, 0.1) is 24.6 Å². The Morgan fingerprint density at radius 2 is 2.00 bits per heavy atom. The van der Waals surface area contributed by atoms with Crippen LogP contribution >= 0.6 is 11.8 Å². The van der Waals surface area contributed by atoms with Crippen molar-refractivity contribution >= 4 is 28.6 Å². The van der Waals surface area contributed by atoms with E-state index in [4.69, 9.17) is 4.74 Å². The van der Waals surface area contributed by atoms with Gasteiger partial charge in [-0.2, -0.15) is 11.8 Å². The van der Waals surface area contributed by atoms with Crippen molar-refractivity contribution in [1.29, 1.82) is 0 Å². The van der Waals surface area contributed by atoms with Crippen LogP contribution in [0.2, 0.25) is 0 Å². The van der Waals surface area contributed by atoms with Crippen molar-refractivity contribution in [3.8, 4) is 5.75 Å². The lowest BCUT2D eigenvalue weighted by atomic mass is 9.81. The van der Waals surface area contributed by atoms with E-state index in [2.05, 4.69) is 21.6 Å². The molecule has 198 valence electrons. The van der Waals surface area contributed by atoms with Crippen LogP contribution in [-0.4, -0.2) is 63.8 Å². The van der Waals surface area contributed by atoms with Gasteiger partial charge in [-0.25, -0.2) is 0 Å². The van der Waals surface area contributed by atoms with Crippen LogP contribution in [0.4, 0.5) is 0 Å². The molecule has 2 fully saturated rings. The zero-order valence-electron chi connectivity index (χ0n) is 21.6. The first kappa shape index (κ1) is 27.2. The molecule has 2 N–H and O–H groups in total. The highest BCUT2D eigenvalue weighted by Crippen LogP contribution is 2.34. The topological polar surface area (TPSA) is 82.9 Å². The molecule has 0 amide bonds. The molecule has 0 bridgehead atoms. The van der Waals surface area contributed by atoms with Crippen molar-refractivity contribution in [2.45, 2.75) is 75.6 Å². The molecule has 1 aromatic heterocycles. The Morgan fingerprint density at radius 3 is 2.75 bits per heavy atom. The Morgan fingerprint density at radius 1 is 1.19 bits per heavy atom. The third kappa shape index (κ3) is 7.36. The minimum absolute atomic E-state index is 0.0939. The van der Waals surface area contributed by atoms with Gasteiger partial charge in [0.1, 0.15) is 5.75 Å². The van der Waals surface area contributed by atoms with E-state index >= 15 is 0 Å². The number of aromatic nitrogens is 1. The number of aliphatic hydroxyl groups excluding tert-OH is 1. The summed E-state index contributed by atoms with van der Waals surface area (Å²) in [5, 5.41) is 22.7. The number of carboxylic acids is 1. The fourth-order valence-corrected chi connectivity index (χ4v) is 7.23. The van der Waals surface area contributed by atoms with E-state index in [0.717, 1.165) is 53.4 Å². The molecule has 1 saturated carbocycles. The van der Waals surface area contributed by atoms with Gasteiger partial charge in [-0.15, -0.1) is 0 Å². The maximum Gasteiger partial charge on any atom is 0.308 e. The summed E-state index contributed by atoms with van der Waals surface area (Å²) in [6.45, 7) is 2.57. The molecule has 7 heteroatoms. The number of pyridine rings is 1. The molecule has 2 heterocycles. The second kappa shape index (κ2) is 13.6. The summed E-state index contributed by atoms with van der Waals surface area (Å²) in [5.41, 5.74) is 1.65. The SMILES string of the molecule is COc1ccc2nccc(C(O)CC[C@@H]3CCN(CCCSC4CCCCCC4)C[C@@H]3C(=O)O)c2c1. The van der Waals surface area contributed by atoms with Crippen molar-refractivity contribution in [3.05, 3.63) is 36.0 Å². The van der Waals surface area contributed by atoms with E-state index in [1.54, 1.807) is 13.3 Å². The van der Waals surface area contributed by atoms with E-state index in [9.17, 15) is 15.0 Å². The quantitative estimate of drug-likeness (QED) is 0.284. The van der Waals surface area contributed by atoms with E-state index in [1.165, 1.54) is 44.3 Å². The third-order valence-electron chi connectivity index (χ3n) is 8.08. The van der Waals surface area contributed by atoms with Crippen LogP contribution in [-0.2, 0) is 4.79 Å². The highest BCUT2D eigenvalue weighted by atomic mass is 32.2. The van der Waals surface area contributed by atoms with Gasteiger partial charge in [0, 0.05) is 23.4 Å². The van der Waals surface area contributed by atoms with E-state index < -0.39 is 12.1 Å². The highest BCUT2D eigenvalue weighted by Gasteiger charge is 2.34. The highest BCUT2D eigenvalue weighted by molar-refractivity contribution is 7.99. The minimum Gasteiger partial charge on any atom is -0.497 e. The number of carbonyl (C=O) groups is 1. The van der Waals surface area contributed by atoms with Crippen LogP contribution in [0.3, 0.4) is 0 Å². The van der Waals surface area contributed by atoms with Gasteiger partial charge in [-0.1, -0.05) is 25.7 Å². The molecule has 1 aliphatic heterocycles. The van der Waals surface area contributed by atoms with Crippen LogP contribution in [0, 0.1) is 11.8 Å². The van der Waals surface area contributed by atoms with Gasteiger partial charge < -0.3 is 19.8 Å². The van der Waals surface area contributed by atoms with Crippen molar-refractivity contribution in [2.24, 2.45) is 11.8 Å². The van der Waals surface area contributed by atoms with Gasteiger partial charge in [-0.05, 0) is 93.1 Å². The van der Waals surface area contributed by atoms with Gasteiger partial charge >= 0.3 is 5.97 Å². The molecule has 36 heavy (non-hydrogen) atoms. The van der Waals surface area contributed by atoms with E-state index in [1.807, 2.05) is 24.3 Å². The maximum atomic E-state index is 12.1. The van der Waals surface area contributed by atoms with Crippen molar-refractivity contribution in [2.75, 3.05) is 32.5 Å². The maximum absolute atomic E-state index is 12.1. The molecule has 2 aliphatic rings. The summed E-state index contributed by atoms with van der Waals surface area (Å²) in [4.78, 5) is 18.9. The number of carboxylic acid groups (broad SMARTS) is 1. The lowest BCUT2D eigenvalue weighted by Crippen LogP contribution is -2.44. The number of ether oxygens (including phenoxy) is 1. The molecular formula is C29H42N2O4S. The van der Waals surface area contributed by atoms with Crippen molar-refractivity contribution in [1.82, 2.24) is 9.88 Å². The summed E-state index contributed by atoms with van der Waals surface area (Å²) in [5.74, 6) is 0.936. The number of methoxy groups -OCH3 is 1. The van der Waals surface area contributed by atoms with Gasteiger partial charge in [0.2, 0.25) is 0 Å². The second-order valence-electron chi connectivity index (χ2n) is 10.5. The molecule has 0 spiro atoms. The molecular weight excluding hydrogens is 472 g/mol. The first-order valence-corrected chi connectivity index (χ1v) is 14.8. The zero-order chi connectivity index (χ0) is 25.3.